The van der Waals surface area contributed by atoms with E-state index in [0.29, 0.717) is 4.88 Å². The monoisotopic (exact) mass is 406 g/mol. The second-order valence-corrected chi connectivity index (χ2v) is 7.07. The molecule has 0 unspecified atom stereocenters. The van der Waals surface area contributed by atoms with Gasteiger partial charge in [-0.1, -0.05) is 20.3 Å². The number of nitrogens with zero attached hydrogens (tertiary/aromatic N) is 1. The molecule has 9 heteroatoms. The normalized spacial score (nSPS) is 10.4. The van der Waals surface area contributed by atoms with Gasteiger partial charge in [0.15, 0.2) is 6.61 Å². The fourth-order valence-corrected chi connectivity index (χ4v) is 3.84. The number of benzene rings is 1. The molecule has 1 N–H and O–H groups in total. The predicted octanol–water partition coefficient (Wildman–Crippen LogP) is 3.98. The predicted molar refractivity (Wildman–Crippen MR) is 106 cm³/mol. The summed E-state index contributed by atoms with van der Waals surface area (Å²) in [6.45, 7) is 3.64. The van der Waals surface area contributed by atoms with E-state index >= 15 is 0 Å². The number of non-ortho nitro benzene ring substituents is 1. The summed E-state index contributed by atoms with van der Waals surface area (Å²) in [7, 11) is 1.34. The minimum absolute atomic E-state index is 0.143. The SMILES string of the molecule is CCCc1sc(C(=O)OCC(=O)Nc2ccc([N+](=O)[O-])cc2OC)cc1CC. The zero-order chi connectivity index (χ0) is 20.7. The van der Waals surface area contributed by atoms with Gasteiger partial charge in [-0.15, -0.1) is 11.3 Å². The van der Waals surface area contributed by atoms with Crippen LogP contribution in [-0.4, -0.2) is 30.5 Å². The average molecular weight is 406 g/mol. The standard InChI is InChI=1S/C19H22N2O6S/c1-4-6-16-12(5-2)9-17(28-16)19(23)27-11-18(22)20-14-8-7-13(21(24)25)10-15(14)26-3/h7-10H,4-6,11H2,1-3H3,(H,20,22). The lowest BCUT2D eigenvalue weighted by Crippen LogP contribution is -2.21. The van der Waals surface area contributed by atoms with Crippen molar-refractivity contribution in [1.29, 1.82) is 0 Å². The quantitative estimate of drug-likeness (QED) is 0.383. The lowest BCUT2D eigenvalue weighted by Gasteiger charge is -2.10. The molecule has 0 bridgehead atoms. The molecule has 150 valence electrons. The van der Waals surface area contributed by atoms with Crippen LogP contribution in [0.1, 0.15) is 40.4 Å². The number of carbonyl (C=O) groups excluding carboxylic acids is 2. The summed E-state index contributed by atoms with van der Waals surface area (Å²) >= 11 is 1.39. The number of ether oxygens (including phenoxy) is 2. The van der Waals surface area contributed by atoms with Crippen LogP contribution >= 0.6 is 11.3 Å². The van der Waals surface area contributed by atoms with Crippen molar-refractivity contribution in [2.45, 2.75) is 33.1 Å². The van der Waals surface area contributed by atoms with E-state index in [4.69, 9.17) is 9.47 Å². The third kappa shape index (κ3) is 5.29. The second kappa shape index (κ2) is 9.84. The number of anilines is 1. The van der Waals surface area contributed by atoms with E-state index in [-0.39, 0.29) is 17.1 Å². The molecule has 28 heavy (non-hydrogen) atoms. The molecule has 0 atom stereocenters. The van der Waals surface area contributed by atoms with Crippen LogP contribution in [0.25, 0.3) is 0 Å². The molecule has 2 rings (SSSR count). The van der Waals surface area contributed by atoms with Crippen molar-refractivity contribution in [2.24, 2.45) is 0 Å². The number of nitro groups is 1. The molecule has 1 amide bonds. The molecule has 0 fully saturated rings. The number of methoxy groups -OCH3 is 1. The number of nitro benzene ring substituents is 1. The molecular formula is C19H22N2O6S. The van der Waals surface area contributed by atoms with Crippen molar-refractivity contribution in [3.05, 3.63) is 49.7 Å². The van der Waals surface area contributed by atoms with Gasteiger partial charge in [-0.3, -0.25) is 14.9 Å². The zero-order valence-corrected chi connectivity index (χ0v) is 16.8. The zero-order valence-electron chi connectivity index (χ0n) is 15.9. The van der Waals surface area contributed by atoms with Crippen LogP contribution in [0.3, 0.4) is 0 Å². The summed E-state index contributed by atoms with van der Waals surface area (Å²) in [5, 5.41) is 13.3. The van der Waals surface area contributed by atoms with E-state index in [2.05, 4.69) is 12.2 Å². The molecule has 0 radical (unpaired) electrons. The van der Waals surface area contributed by atoms with Gasteiger partial charge in [0.2, 0.25) is 0 Å². The number of thiophene rings is 1. The first-order valence-corrected chi connectivity index (χ1v) is 9.62. The smallest absolute Gasteiger partial charge is 0.348 e. The molecule has 0 aliphatic rings. The number of rotatable bonds is 9. The Morgan fingerprint density at radius 1 is 1.25 bits per heavy atom. The van der Waals surface area contributed by atoms with Crippen LogP contribution in [0.5, 0.6) is 5.75 Å². The van der Waals surface area contributed by atoms with E-state index in [1.54, 1.807) is 0 Å². The fourth-order valence-electron chi connectivity index (χ4n) is 2.59. The molecule has 1 aromatic heterocycles. The van der Waals surface area contributed by atoms with Crippen molar-refractivity contribution in [3.8, 4) is 5.75 Å². The van der Waals surface area contributed by atoms with Gasteiger partial charge < -0.3 is 14.8 Å². The Morgan fingerprint density at radius 3 is 2.61 bits per heavy atom. The maximum Gasteiger partial charge on any atom is 0.348 e. The second-order valence-electron chi connectivity index (χ2n) is 5.93. The van der Waals surface area contributed by atoms with Gasteiger partial charge in [-0.2, -0.15) is 0 Å². The van der Waals surface area contributed by atoms with Crippen LogP contribution in [0, 0.1) is 10.1 Å². The molecule has 0 saturated heterocycles. The summed E-state index contributed by atoms with van der Waals surface area (Å²) < 4.78 is 10.2. The Balaban J connectivity index is 1.99. The molecule has 0 saturated carbocycles. The van der Waals surface area contributed by atoms with E-state index in [1.165, 1.54) is 36.6 Å². The molecule has 2 aromatic rings. The van der Waals surface area contributed by atoms with Crippen molar-refractivity contribution in [1.82, 2.24) is 0 Å². The van der Waals surface area contributed by atoms with Crippen LogP contribution < -0.4 is 10.1 Å². The summed E-state index contributed by atoms with van der Waals surface area (Å²) in [5.74, 6) is -0.974. The van der Waals surface area contributed by atoms with Crippen molar-refractivity contribution in [3.63, 3.8) is 0 Å². The first-order valence-electron chi connectivity index (χ1n) is 8.80. The van der Waals surface area contributed by atoms with Crippen molar-refractivity contribution >= 4 is 34.6 Å². The maximum atomic E-state index is 12.2. The van der Waals surface area contributed by atoms with E-state index in [1.807, 2.05) is 13.0 Å². The number of hydrogen-bond acceptors (Lipinski definition) is 7. The minimum Gasteiger partial charge on any atom is -0.494 e. The average Bonchev–Trinajstić information content (AvgIpc) is 3.09. The molecular weight excluding hydrogens is 384 g/mol. The number of esters is 1. The Labute approximate surface area is 166 Å². The van der Waals surface area contributed by atoms with Gasteiger partial charge in [0.25, 0.3) is 11.6 Å². The molecule has 1 aromatic carbocycles. The first kappa shape index (κ1) is 21.4. The number of aryl methyl sites for hydroxylation is 2. The van der Waals surface area contributed by atoms with Gasteiger partial charge in [0, 0.05) is 10.9 Å². The highest BCUT2D eigenvalue weighted by Gasteiger charge is 2.17. The highest BCUT2D eigenvalue weighted by molar-refractivity contribution is 7.14. The van der Waals surface area contributed by atoms with Gasteiger partial charge >= 0.3 is 5.97 Å². The Morgan fingerprint density at radius 2 is 2.00 bits per heavy atom. The number of carbonyl (C=O) groups is 2. The van der Waals surface area contributed by atoms with Gasteiger partial charge in [-0.05, 0) is 30.5 Å². The van der Waals surface area contributed by atoms with Crippen molar-refractivity contribution in [2.75, 3.05) is 19.0 Å². The van der Waals surface area contributed by atoms with Crippen LogP contribution in [0.15, 0.2) is 24.3 Å². The van der Waals surface area contributed by atoms with Crippen LogP contribution in [0.4, 0.5) is 11.4 Å². The summed E-state index contributed by atoms with van der Waals surface area (Å²) in [5.41, 5.74) is 1.22. The van der Waals surface area contributed by atoms with Crippen LogP contribution in [0.2, 0.25) is 0 Å². The van der Waals surface area contributed by atoms with Gasteiger partial charge in [-0.25, -0.2) is 4.79 Å². The fraction of sp³-hybridized carbons (Fsp3) is 0.368. The number of amides is 1. The Bertz CT molecular complexity index is 877. The lowest BCUT2D eigenvalue weighted by atomic mass is 10.1. The first-order chi connectivity index (χ1) is 13.4. The minimum atomic E-state index is -0.568. The molecule has 0 aliphatic heterocycles. The lowest BCUT2D eigenvalue weighted by molar-refractivity contribution is -0.384. The third-order valence-corrected chi connectivity index (χ3v) is 5.18. The molecule has 0 spiro atoms. The summed E-state index contributed by atoms with van der Waals surface area (Å²) in [6, 6.07) is 5.63. The van der Waals surface area contributed by atoms with E-state index in [9.17, 15) is 19.7 Å². The Hall–Kier alpha value is -2.94. The number of hydrogen-bond donors (Lipinski definition) is 1. The molecule has 1 heterocycles. The van der Waals surface area contributed by atoms with Crippen LogP contribution in [-0.2, 0) is 22.4 Å². The third-order valence-electron chi connectivity index (χ3n) is 3.96. The maximum absolute atomic E-state index is 12.2. The van der Waals surface area contributed by atoms with Gasteiger partial charge in [0.1, 0.15) is 10.6 Å². The molecule has 0 aliphatic carbocycles. The highest BCUT2D eigenvalue weighted by Crippen LogP contribution is 2.29. The summed E-state index contributed by atoms with van der Waals surface area (Å²) in [6.07, 6.45) is 2.72. The van der Waals surface area contributed by atoms with E-state index in [0.717, 1.165) is 29.7 Å². The largest absolute Gasteiger partial charge is 0.494 e. The topological polar surface area (TPSA) is 108 Å². The Kier molecular flexibility index (Phi) is 7.51. The summed E-state index contributed by atoms with van der Waals surface area (Å²) in [4.78, 5) is 36.2. The van der Waals surface area contributed by atoms with Crippen molar-refractivity contribution < 1.29 is 24.0 Å². The highest BCUT2D eigenvalue weighted by atomic mass is 32.1. The van der Waals surface area contributed by atoms with Gasteiger partial charge in [0.05, 0.1) is 23.8 Å². The van der Waals surface area contributed by atoms with E-state index < -0.39 is 23.4 Å². The number of nitrogens with one attached hydrogen (secondary N) is 1. The molecule has 8 nitrogen and oxygen atoms in total.